The minimum absolute atomic E-state index is 0.634. The Bertz CT molecular complexity index is 448. The van der Waals surface area contributed by atoms with Gasteiger partial charge in [0, 0.05) is 4.88 Å². The fraction of sp³-hybridized carbons (Fsp3) is 0.0833. The van der Waals surface area contributed by atoms with Crippen LogP contribution in [0.4, 0.5) is 0 Å². The topological polar surface area (TPSA) is 37.3 Å². The van der Waals surface area contributed by atoms with Gasteiger partial charge in [-0.05, 0) is 17.7 Å². The molecule has 1 N–H and O–H groups in total. The molecule has 0 amide bonds. The highest BCUT2D eigenvalue weighted by molar-refractivity contribution is 7.13. The highest BCUT2D eigenvalue weighted by Crippen LogP contribution is 2.27. The molecule has 1 aromatic heterocycles. The summed E-state index contributed by atoms with van der Waals surface area (Å²) in [5.74, 6) is 0. The molecule has 76 valence electrons. The van der Waals surface area contributed by atoms with Crippen molar-refractivity contribution in [1.29, 1.82) is 0 Å². The Balaban J connectivity index is 2.28. The number of aliphatic hydroxyl groups is 1. The van der Waals surface area contributed by atoms with Crippen LogP contribution in [0.1, 0.15) is 26.2 Å². The zero-order valence-corrected chi connectivity index (χ0v) is 8.78. The van der Waals surface area contributed by atoms with Gasteiger partial charge in [-0.25, -0.2) is 0 Å². The quantitative estimate of drug-likeness (QED) is 0.804. The zero-order valence-electron chi connectivity index (χ0n) is 7.96. The van der Waals surface area contributed by atoms with E-state index in [-0.39, 0.29) is 0 Å². The van der Waals surface area contributed by atoms with E-state index in [0.29, 0.717) is 4.88 Å². The third-order valence-corrected chi connectivity index (χ3v) is 3.21. The number of hydrogen-bond donors (Lipinski definition) is 1. The average Bonchev–Trinajstić information content (AvgIpc) is 2.78. The Labute approximate surface area is 91.8 Å². The van der Waals surface area contributed by atoms with E-state index in [0.717, 1.165) is 16.7 Å². The lowest BCUT2D eigenvalue weighted by atomic mass is 10.1. The second-order valence-electron chi connectivity index (χ2n) is 3.17. The van der Waals surface area contributed by atoms with Gasteiger partial charge in [0.15, 0.2) is 6.29 Å². The second-order valence-corrected chi connectivity index (χ2v) is 4.32. The molecule has 2 aromatic rings. The van der Waals surface area contributed by atoms with Crippen molar-refractivity contribution >= 4 is 17.6 Å². The number of hydrogen-bond acceptors (Lipinski definition) is 3. The predicted molar refractivity (Wildman–Crippen MR) is 60.2 cm³/mol. The van der Waals surface area contributed by atoms with E-state index in [2.05, 4.69) is 0 Å². The molecule has 2 nitrogen and oxygen atoms in total. The summed E-state index contributed by atoms with van der Waals surface area (Å²) >= 11 is 1.32. The van der Waals surface area contributed by atoms with E-state index in [1.54, 1.807) is 12.1 Å². The minimum Gasteiger partial charge on any atom is -0.383 e. The SMILES string of the molecule is O=Cc1ccc(C(O)c2ccccc2)s1. The molecule has 1 aromatic carbocycles. The van der Waals surface area contributed by atoms with Crippen molar-refractivity contribution in [2.75, 3.05) is 0 Å². The van der Waals surface area contributed by atoms with Gasteiger partial charge in [-0.1, -0.05) is 30.3 Å². The largest absolute Gasteiger partial charge is 0.383 e. The summed E-state index contributed by atoms with van der Waals surface area (Å²) in [5, 5.41) is 10.00. The molecule has 0 radical (unpaired) electrons. The van der Waals surface area contributed by atoms with Gasteiger partial charge >= 0.3 is 0 Å². The molecular formula is C12H10O2S. The van der Waals surface area contributed by atoms with Crippen LogP contribution in [0.25, 0.3) is 0 Å². The molecule has 0 saturated heterocycles. The molecule has 0 aliphatic carbocycles. The first-order chi connectivity index (χ1) is 7.31. The maximum absolute atomic E-state index is 10.5. The molecule has 1 unspecified atom stereocenters. The Kier molecular flexibility index (Phi) is 2.94. The fourth-order valence-electron chi connectivity index (χ4n) is 1.38. The first kappa shape index (κ1) is 10.1. The summed E-state index contributed by atoms with van der Waals surface area (Å²) in [5.41, 5.74) is 0.844. The summed E-state index contributed by atoms with van der Waals surface area (Å²) < 4.78 is 0. The van der Waals surface area contributed by atoms with Crippen LogP contribution in [-0.4, -0.2) is 11.4 Å². The first-order valence-corrected chi connectivity index (χ1v) is 5.41. The van der Waals surface area contributed by atoms with Crippen molar-refractivity contribution < 1.29 is 9.90 Å². The Morgan fingerprint density at radius 3 is 2.47 bits per heavy atom. The standard InChI is InChI=1S/C12H10O2S/c13-8-10-6-7-11(15-10)12(14)9-4-2-1-3-5-9/h1-8,12,14H. The average molecular weight is 218 g/mol. The summed E-state index contributed by atoms with van der Waals surface area (Å²) in [6.45, 7) is 0. The lowest BCUT2D eigenvalue weighted by Crippen LogP contribution is -1.95. The summed E-state index contributed by atoms with van der Waals surface area (Å²) in [6, 6.07) is 12.9. The summed E-state index contributed by atoms with van der Waals surface area (Å²) in [4.78, 5) is 11.9. The number of carbonyl (C=O) groups is 1. The molecule has 0 spiro atoms. The Morgan fingerprint density at radius 1 is 1.13 bits per heavy atom. The van der Waals surface area contributed by atoms with Gasteiger partial charge in [0.25, 0.3) is 0 Å². The van der Waals surface area contributed by atoms with Crippen LogP contribution in [-0.2, 0) is 0 Å². The Morgan fingerprint density at radius 2 is 1.87 bits per heavy atom. The highest BCUT2D eigenvalue weighted by Gasteiger charge is 2.11. The van der Waals surface area contributed by atoms with Crippen LogP contribution < -0.4 is 0 Å². The van der Waals surface area contributed by atoms with Crippen LogP contribution in [0, 0.1) is 0 Å². The van der Waals surface area contributed by atoms with E-state index in [9.17, 15) is 9.90 Å². The van der Waals surface area contributed by atoms with Crippen molar-refractivity contribution in [3.63, 3.8) is 0 Å². The molecule has 0 bridgehead atoms. The fourth-order valence-corrected chi connectivity index (χ4v) is 2.22. The number of aldehydes is 1. The van der Waals surface area contributed by atoms with Crippen molar-refractivity contribution in [3.05, 3.63) is 57.8 Å². The van der Waals surface area contributed by atoms with Crippen molar-refractivity contribution in [2.45, 2.75) is 6.10 Å². The normalized spacial score (nSPS) is 12.3. The predicted octanol–water partition coefficient (Wildman–Crippen LogP) is 2.64. The van der Waals surface area contributed by atoms with E-state index in [1.807, 2.05) is 30.3 Å². The van der Waals surface area contributed by atoms with Gasteiger partial charge in [-0.15, -0.1) is 11.3 Å². The van der Waals surface area contributed by atoms with Crippen LogP contribution in [0.3, 0.4) is 0 Å². The molecule has 1 heterocycles. The van der Waals surface area contributed by atoms with Crippen LogP contribution in [0.5, 0.6) is 0 Å². The number of rotatable bonds is 3. The van der Waals surface area contributed by atoms with E-state index in [4.69, 9.17) is 0 Å². The van der Waals surface area contributed by atoms with Crippen LogP contribution in [0.2, 0.25) is 0 Å². The lowest BCUT2D eigenvalue weighted by Gasteiger charge is -2.07. The van der Waals surface area contributed by atoms with E-state index >= 15 is 0 Å². The number of carbonyl (C=O) groups excluding carboxylic acids is 1. The molecule has 1 atom stereocenters. The van der Waals surface area contributed by atoms with Gasteiger partial charge in [0.2, 0.25) is 0 Å². The van der Waals surface area contributed by atoms with Gasteiger partial charge < -0.3 is 5.11 Å². The summed E-state index contributed by atoms with van der Waals surface area (Å²) in [6.07, 6.45) is 0.163. The monoisotopic (exact) mass is 218 g/mol. The number of thiophene rings is 1. The molecule has 0 aliphatic heterocycles. The van der Waals surface area contributed by atoms with Crippen molar-refractivity contribution in [2.24, 2.45) is 0 Å². The van der Waals surface area contributed by atoms with Crippen LogP contribution >= 0.6 is 11.3 Å². The molecule has 2 rings (SSSR count). The van der Waals surface area contributed by atoms with E-state index in [1.165, 1.54) is 11.3 Å². The number of benzene rings is 1. The minimum atomic E-state index is -0.634. The lowest BCUT2D eigenvalue weighted by molar-refractivity contribution is 0.112. The molecule has 0 fully saturated rings. The van der Waals surface area contributed by atoms with Gasteiger partial charge in [0.1, 0.15) is 6.10 Å². The molecule has 3 heteroatoms. The van der Waals surface area contributed by atoms with Crippen molar-refractivity contribution in [1.82, 2.24) is 0 Å². The summed E-state index contributed by atoms with van der Waals surface area (Å²) in [7, 11) is 0. The van der Waals surface area contributed by atoms with Crippen molar-refractivity contribution in [3.8, 4) is 0 Å². The second kappa shape index (κ2) is 4.38. The van der Waals surface area contributed by atoms with Gasteiger partial charge in [-0.2, -0.15) is 0 Å². The maximum Gasteiger partial charge on any atom is 0.160 e. The Hall–Kier alpha value is -1.45. The number of aliphatic hydroxyl groups excluding tert-OH is 1. The van der Waals surface area contributed by atoms with Crippen LogP contribution in [0.15, 0.2) is 42.5 Å². The molecular weight excluding hydrogens is 208 g/mol. The smallest absolute Gasteiger partial charge is 0.160 e. The van der Waals surface area contributed by atoms with E-state index < -0.39 is 6.10 Å². The third-order valence-electron chi connectivity index (χ3n) is 2.15. The highest BCUT2D eigenvalue weighted by atomic mass is 32.1. The molecule has 0 aliphatic rings. The molecule has 0 saturated carbocycles. The molecule has 15 heavy (non-hydrogen) atoms. The van der Waals surface area contributed by atoms with Gasteiger partial charge in [0.05, 0.1) is 4.88 Å². The first-order valence-electron chi connectivity index (χ1n) is 4.59. The third kappa shape index (κ3) is 2.14. The maximum atomic E-state index is 10.5. The van der Waals surface area contributed by atoms with Gasteiger partial charge in [-0.3, -0.25) is 4.79 Å². The zero-order chi connectivity index (χ0) is 10.7.